The van der Waals surface area contributed by atoms with E-state index >= 15 is 0 Å². The van der Waals surface area contributed by atoms with Crippen LogP contribution in [-0.2, 0) is 0 Å². The maximum atomic E-state index is 5.86. The molecular formula is C18H31NS. The van der Waals surface area contributed by atoms with Gasteiger partial charge in [-0.15, -0.1) is 11.8 Å². The van der Waals surface area contributed by atoms with Crippen molar-refractivity contribution < 1.29 is 0 Å². The van der Waals surface area contributed by atoms with Gasteiger partial charge in [0.05, 0.1) is 0 Å². The van der Waals surface area contributed by atoms with Crippen LogP contribution in [0.15, 0.2) is 29.2 Å². The summed E-state index contributed by atoms with van der Waals surface area (Å²) in [5.74, 6) is 1.24. The van der Waals surface area contributed by atoms with Crippen LogP contribution in [0.25, 0.3) is 0 Å². The Balaban J connectivity index is 2.01. The minimum Gasteiger partial charge on any atom is -0.324 e. The molecule has 1 nitrogen and oxygen atoms in total. The van der Waals surface area contributed by atoms with E-state index < -0.39 is 0 Å². The zero-order valence-electron chi connectivity index (χ0n) is 13.2. The standard InChI is InChI=1S/C18H31NS/c1-3-4-5-6-7-8-9-10-15-20-18-13-11-17(12-14-18)16(2)19/h11-14,16H,3-10,15,19H2,1-2H3. The van der Waals surface area contributed by atoms with Gasteiger partial charge >= 0.3 is 0 Å². The van der Waals surface area contributed by atoms with Crippen LogP contribution in [-0.4, -0.2) is 5.75 Å². The molecule has 20 heavy (non-hydrogen) atoms. The molecule has 0 aliphatic rings. The monoisotopic (exact) mass is 293 g/mol. The molecule has 1 atom stereocenters. The summed E-state index contributed by atoms with van der Waals surface area (Å²) in [6.45, 7) is 4.31. The van der Waals surface area contributed by atoms with Crippen molar-refractivity contribution in [2.24, 2.45) is 5.73 Å². The molecular weight excluding hydrogens is 262 g/mol. The first-order valence-corrected chi connectivity index (χ1v) is 9.21. The predicted octanol–water partition coefficient (Wildman–Crippen LogP) is 5.94. The highest BCUT2D eigenvalue weighted by Crippen LogP contribution is 2.22. The van der Waals surface area contributed by atoms with E-state index in [1.54, 1.807) is 0 Å². The molecule has 0 radical (unpaired) electrons. The van der Waals surface area contributed by atoms with Crippen molar-refractivity contribution >= 4 is 11.8 Å². The summed E-state index contributed by atoms with van der Waals surface area (Å²) in [5.41, 5.74) is 7.08. The van der Waals surface area contributed by atoms with Crippen LogP contribution in [0.2, 0.25) is 0 Å². The summed E-state index contributed by atoms with van der Waals surface area (Å²) in [7, 11) is 0. The normalized spacial score (nSPS) is 12.6. The molecule has 0 saturated carbocycles. The highest BCUT2D eigenvalue weighted by atomic mass is 32.2. The molecule has 0 aliphatic heterocycles. The average molecular weight is 294 g/mol. The number of rotatable bonds is 11. The van der Waals surface area contributed by atoms with Gasteiger partial charge in [0.1, 0.15) is 0 Å². The molecule has 1 aromatic rings. The van der Waals surface area contributed by atoms with E-state index in [1.165, 1.54) is 67.6 Å². The lowest BCUT2D eigenvalue weighted by molar-refractivity contribution is 0.586. The third kappa shape index (κ3) is 7.96. The number of unbranched alkanes of at least 4 members (excludes halogenated alkanes) is 7. The molecule has 0 aliphatic carbocycles. The van der Waals surface area contributed by atoms with Gasteiger partial charge in [0, 0.05) is 10.9 Å². The van der Waals surface area contributed by atoms with E-state index in [0.29, 0.717) is 0 Å². The van der Waals surface area contributed by atoms with E-state index in [-0.39, 0.29) is 6.04 Å². The number of thioether (sulfide) groups is 1. The average Bonchev–Trinajstić information content (AvgIpc) is 2.46. The number of hydrogen-bond acceptors (Lipinski definition) is 2. The van der Waals surface area contributed by atoms with Crippen LogP contribution in [0.3, 0.4) is 0 Å². The van der Waals surface area contributed by atoms with Crippen LogP contribution in [0.1, 0.15) is 76.8 Å². The SMILES string of the molecule is CCCCCCCCCCSc1ccc(C(C)N)cc1. The molecule has 0 fully saturated rings. The van der Waals surface area contributed by atoms with Crippen molar-refractivity contribution in [3.05, 3.63) is 29.8 Å². The van der Waals surface area contributed by atoms with Crippen molar-refractivity contribution in [2.75, 3.05) is 5.75 Å². The maximum absolute atomic E-state index is 5.86. The second-order valence-electron chi connectivity index (χ2n) is 5.68. The van der Waals surface area contributed by atoms with Crippen molar-refractivity contribution in [3.63, 3.8) is 0 Å². The van der Waals surface area contributed by atoms with E-state index in [4.69, 9.17) is 5.73 Å². The molecule has 0 heterocycles. The van der Waals surface area contributed by atoms with Crippen LogP contribution in [0, 0.1) is 0 Å². The first kappa shape index (κ1) is 17.6. The highest BCUT2D eigenvalue weighted by molar-refractivity contribution is 7.99. The van der Waals surface area contributed by atoms with Gasteiger partial charge in [-0.3, -0.25) is 0 Å². The second-order valence-corrected chi connectivity index (χ2v) is 6.85. The lowest BCUT2D eigenvalue weighted by Crippen LogP contribution is -2.04. The van der Waals surface area contributed by atoms with Gasteiger partial charge in [-0.05, 0) is 36.8 Å². The smallest absolute Gasteiger partial charge is 0.0266 e. The van der Waals surface area contributed by atoms with Crippen LogP contribution in [0.4, 0.5) is 0 Å². The Hall–Kier alpha value is -0.470. The first-order valence-electron chi connectivity index (χ1n) is 8.22. The van der Waals surface area contributed by atoms with Crippen molar-refractivity contribution in [1.29, 1.82) is 0 Å². The van der Waals surface area contributed by atoms with E-state index in [9.17, 15) is 0 Å². The van der Waals surface area contributed by atoms with Crippen molar-refractivity contribution in [3.8, 4) is 0 Å². The molecule has 1 unspecified atom stereocenters. The fourth-order valence-corrected chi connectivity index (χ4v) is 3.21. The Kier molecular flexibility index (Phi) is 9.86. The van der Waals surface area contributed by atoms with Crippen LogP contribution < -0.4 is 5.73 Å². The Labute approximate surface area is 129 Å². The first-order chi connectivity index (χ1) is 9.74. The molecule has 0 aromatic heterocycles. The third-order valence-electron chi connectivity index (χ3n) is 3.67. The zero-order chi connectivity index (χ0) is 14.6. The molecule has 0 bridgehead atoms. The number of benzene rings is 1. The van der Waals surface area contributed by atoms with Gasteiger partial charge < -0.3 is 5.73 Å². The fourth-order valence-electron chi connectivity index (χ4n) is 2.29. The Morgan fingerprint density at radius 3 is 2.00 bits per heavy atom. The number of hydrogen-bond donors (Lipinski definition) is 1. The summed E-state index contributed by atoms with van der Waals surface area (Å²) < 4.78 is 0. The van der Waals surface area contributed by atoms with Crippen molar-refractivity contribution in [2.45, 2.75) is 76.2 Å². The maximum Gasteiger partial charge on any atom is 0.0266 e. The molecule has 2 heteroatoms. The molecule has 1 rings (SSSR count). The lowest BCUT2D eigenvalue weighted by atomic mass is 10.1. The fraction of sp³-hybridized carbons (Fsp3) is 0.667. The molecule has 0 saturated heterocycles. The summed E-state index contributed by atoms with van der Waals surface area (Å²) in [5, 5.41) is 0. The van der Waals surface area contributed by atoms with Gasteiger partial charge in [-0.2, -0.15) is 0 Å². The molecule has 1 aromatic carbocycles. The highest BCUT2D eigenvalue weighted by Gasteiger charge is 1.99. The van der Waals surface area contributed by atoms with Crippen LogP contribution >= 0.6 is 11.8 Å². The van der Waals surface area contributed by atoms with Crippen molar-refractivity contribution in [1.82, 2.24) is 0 Å². The van der Waals surface area contributed by atoms with Gasteiger partial charge in [-0.1, -0.05) is 64.0 Å². The Morgan fingerprint density at radius 1 is 0.900 bits per heavy atom. The molecule has 2 N–H and O–H groups in total. The van der Waals surface area contributed by atoms with Gasteiger partial charge in [0.2, 0.25) is 0 Å². The summed E-state index contributed by atoms with van der Waals surface area (Å²) in [6.07, 6.45) is 11.2. The summed E-state index contributed by atoms with van der Waals surface area (Å²) in [6, 6.07) is 8.85. The Bertz CT molecular complexity index is 332. The minimum atomic E-state index is 0.141. The lowest BCUT2D eigenvalue weighted by Gasteiger charge is -2.07. The van der Waals surface area contributed by atoms with E-state index in [1.807, 2.05) is 18.7 Å². The van der Waals surface area contributed by atoms with E-state index in [0.717, 1.165) is 0 Å². The summed E-state index contributed by atoms with van der Waals surface area (Å²) in [4.78, 5) is 1.37. The number of nitrogens with two attached hydrogens (primary N) is 1. The van der Waals surface area contributed by atoms with Gasteiger partial charge in [0.15, 0.2) is 0 Å². The van der Waals surface area contributed by atoms with E-state index in [2.05, 4.69) is 31.2 Å². The summed E-state index contributed by atoms with van der Waals surface area (Å²) >= 11 is 1.97. The van der Waals surface area contributed by atoms with Crippen LogP contribution in [0.5, 0.6) is 0 Å². The minimum absolute atomic E-state index is 0.141. The molecule has 0 amide bonds. The largest absolute Gasteiger partial charge is 0.324 e. The quantitative estimate of drug-likeness (QED) is 0.403. The molecule has 0 spiro atoms. The zero-order valence-corrected chi connectivity index (χ0v) is 14.1. The second kappa shape index (κ2) is 11.2. The van der Waals surface area contributed by atoms with Gasteiger partial charge in [-0.25, -0.2) is 0 Å². The Morgan fingerprint density at radius 2 is 1.45 bits per heavy atom. The molecule has 114 valence electrons. The van der Waals surface area contributed by atoms with Gasteiger partial charge in [0.25, 0.3) is 0 Å². The topological polar surface area (TPSA) is 26.0 Å². The third-order valence-corrected chi connectivity index (χ3v) is 4.77. The predicted molar refractivity (Wildman–Crippen MR) is 92.4 cm³/mol.